The Morgan fingerprint density at radius 2 is 1.85 bits per heavy atom. The van der Waals surface area contributed by atoms with Crippen molar-refractivity contribution in [3.8, 4) is 0 Å². The Kier molecular flexibility index (Phi) is 6.30. The number of hydrogen-bond donors (Lipinski definition) is 2. The summed E-state index contributed by atoms with van der Waals surface area (Å²) in [6.07, 6.45) is 4.41. The first-order chi connectivity index (χ1) is 12.8. The minimum absolute atomic E-state index is 0. The molecular formula is C20H25IN6. The van der Waals surface area contributed by atoms with Crippen LogP contribution in [-0.4, -0.2) is 33.6 Å². The van der Waals surface area contributed by atoms with Crippen molar-refractivity contribution in [2.45, 2.75) is 31.7 Å². The molecule has 6 nitrogen and oxygen atoms in total. The number of guanidine groups is 1. The van der Waals surface area contributed by atoms with Crippen LogP contribution in [0.5, 0.6) is 0 Å². The first-order valence-corrected chi connectivity index (χ1v) is 9.17. The zero-order valence-corrected chi connectivity index (χ0v) is 17.8. The molecule has 0 amide bonds. The zero-order valence-electron chi connectivity index (χ0n) is 15.4. The lowest BCUT2D eigenvalue weighted by atomic mass is 9.96. The maximum Gasteiger partial charge on any atom is 0.191 e. The fourth-order valence-corrected chi connectivity index (χ4v) is 3.25. The first kappa shape index (κ1) is 19.6. The number of aliphatic imine (C=N–C) groups is 1. The highest BCUT2D eigenvalue weighted by Crippen LogP contribution is 2.47. The molecule has 0 unspecified atom stereocenters. The second-order valence-corrected chi connectivity index (χ2v) is 6.74. The Balaban J connectivity index is 0.00000210. The molecule has 0 bridgehead atoms. The molecule has 7 heteroatoms. The number of nitrogens with one attached hydrogen (secondary N) is 2. The van der Waals surface area contributed by atoms with E-state index in [1.165, 1.54) is 18.4 Å². The third kappa shape index (κ3) is 4.40. The van der Waals surface area contributed by atoms with Crippen LogP contribution in [0.15, 0.2) is 59.7 Å². The van der Waals surface area contributed by atoms with Gasteiger partial charge in [0.05, 0.1) is 0 Å². The average Bonchev–Trinajstić information content (AvgIpc) is 3.38. The summed E-state index contributed by atoms with van der Waals surface area (Å²) in [5.41, 5.74) is 2.50. The molecule has 2 N–H and O–H groups in total. The van der Waals surface area contributed by atoms with Crippen LogP contribution in [0.2, 0.25) is 0 Å². The highest BCUT2D eigenvalue weighted by atomic mass is 127. The Bertz CT molecular complexity index is 901. The number of fused-ring (bicyclic) bond motifs is 1. The van der Waals surface area contributed by atoms with Gasteiger partial charge in [0.25, 0.3) is 0 Å². The smallest absolute Gasteiger partial charge is 0.191 e. The molecule has 3 aromatic rings. The van der Waals surface area contributed by atoms with Gasteiger partial charge in [-0.25, -0.2) is 4.99 Å². The Labute approximate surface area is 176 Å². The molecule has 1 aromatic carbocycles. The number of nitrogens with zero attached hydrogens (tertiary/aromatic N) is 4. The van der Waals surface area contributed by atoms with Gasteiger partial charge in [0.15, 0.2) is 17.4 Å². The average molecular weight is 476 g/mol. The molecule has 0 radical (unpaired) electrons. The van der Waals surface area contributed by atoms with Crippen LogP contribution in [0.25, 0.3) is 5.65 Å². The number of hydrogen-bond acceptors (Lipinski definition) is 3. The molecule has 1 aliphatic carbocycles. The van der Waals surface area contributed by atoms with Gasteiger partial charge in [-0.3, -0.25) is 4.40 Å². The van der Waals surface area contributed by atoms with E-state index >= 15 is 0 Å². The SMILES string of the molecule is CCNC(=NCc1nnc2ccccn12)NCC1(c2ccccc2)CC1.I. The summed E-state index contributed by atoms with van der Waals surface area (Å²) in [7, 11) is 0. The number of rotatable bonds is 6. The van der Waals surface area contributed by atoms with E-state index in [-0.39, 0.29) is 29.4 Å². The van der Waals surface area contributed by atoms with Crippen molar-refractivity contribution in [1.82, 2.24) is 25.2 Å². The molecule has 27 heavy (non-hydrogen) atoms. The minimum atomic E-state index is 0. The topological polar surface area (TPSA) is 66.6 Å². The maximum atomic E-state index is 4.70. The normalized spacial score (nSPS) is 15.2. The van der Waals surface area contributed by atoms with Crippen molar-refractivity contribution in [3.05, 3.63) is 66.1 Å². The fraction of sp³-hybridized carbons (Fsp3) is 0.350. The van der Waals surface area contributed by atoms with Crippen LogP contribution >= 0.6 is 24.0 Å². The third-order valence-corrected chi connectivity index (χ3v) is 4.94. The Morgan fingerprint density at radius 1 is 1.07 bits per heavy atom. The number of halogens is 1. The van der Waals surface area contributed by atoms with Gasteiger partial charge >= 0.3 is 0 Å². The quantitative estimate of drug-likeness (QED) is 0.326. The van der Waals surface area contributed by atoms with E-state index < -0.39 is 0 Å². The number of aromatic nitrogens is 3. The third-order valence-electron chi connectivity index (χ3n) is 4.94. The molecule has 2 heterocycles. The van der Waals surface area contributed by atoms with Crippen molar-refractivity contribution in [1.29, 1.82) is 0 Å². The van der Waals surface area contributed by atoms with Crippen LogP contribution in [-0.2, 0) is 12.0 Å². The van der Waals surface area contributed by atoms with E-state index in [2.05, 4.69) is 58.1 Å². The van der Waals surface area contributed by atoms with Crippen LogP contribution in [0.1, 0.15) is 31.2 Å². The molecule has 1 saturated carbocycles. The predicted molar refractivity (Wildman–Crippen MR) is 119 cm³/mol. The summed E-state index contributed by atoms with van der Waals surface area (Å²) in [6, 6.07) is 16.6. The predicted octanol–water partition coefficient (Wildman–Crippen LogP) is 3.13. The Morgan fingerprint density at radius 3 is 2.59 bits per heavy atom. The van der Waals surface area contributed by atoms with Gasteiger partial charge in [0.2, 0.25) is 0 Å². The van der Waals surface area contributed by atoms with E-state index in [9.17, 15) is 0 Å². The summed E-state index contributed by atoms with van der Waals surface area (Å²) < 4.78 is 1.97. The highest BCUT2D eigenvalue weighted by Gasteiger charge is 2.43. The van der Waals surface area contributed by atoms with E-state index in [1.807, 2.05) is 28.8 Å². The monoisotopic (exact) mass is 476 g/mol. The van der Waals surface area contributed by atoms with Gasteiger partial charge < -0.3 is 10.6 Å². The van der Waals surface area contributed by atoms with E-state index in [4.69, 9.17) is 4.99 Å². The molecule has 0 saturated heterocycles. The van der Waals surface area contributed by atoms with Gasteiger partial charge in [-0.15, -0.1) is 34.2 Å². The second kappa shape index (κ2) is 8.69. The first-order valence-electron chi connectivity index (χ1n) is 9.17. The van der Waals surface area contributed by atoms with Crippen LogP contribution in [0.3, 0.4) is 0 Å². The van der Waals surface area contributed by atoms with Gasteiger partial charge in [-0.2, -0.15) is 0 Å². The largest absolute Gasteiger partial charge is 0.357 e. The van der Waals surface area contributed by atoms with Crippen LogP contribution in [0, 0.1) is 0 Å². The standard InChI is InChI=1S/C20H24N6.HI/c1-2-21-19(22-14-18-25-24-17-10-6-7-13-26(17)18)23-15-20(11-12-20)16-8-4-3-5-9-16;/h3-10,13H,2,11-12,14-15H2,1H3,(H2,21,22,23);1H. The van der Waals surface area contributed by atoms with Gasteiger partial charge in [0.1, 0.15) is 6.54 Å². The maximum absolute atomic E-state index is 4.70. The Hall–Kier alpha value is -2.16. The minimum Gasteiger partial charge on any atom is -0.357 e. The summed E-state index contributed by atoms with van der Waals surface area (Å²) in [5, 5.41) is 15.3. The zero-order chi connectivity index (χ0) is 17.8. The summed E-state index contributed by atoms with van der Waals surface area (Å²) in [6.45, 7) is 4.28. The molecule has 1 fully saturated rings. The molecule has 0 spiro atoms. The van der Waals surface area contributed by atoms with Crippen molar-refractivity contribution in [2.24, 2.45) is 4.99 Å². The van der Waals surface area contributed by atoms with Crippen molar-refractivity contribution >= 4 is 35.6 Å². The van der Waals surface area contributed by atoms with Gasteiger partial charge in [-0.05, 0) is 37.5 Å². The van der Waals surface area contributed by atoms with Gasteiger partial charge in [-0.1, -0.05) is 36.4 Å². The number of pyridine rings is 1. The summed E-state index contributed by atoms with van der Waals surface area (Å²) >= 11 is 0. The van der Waals surface area contributed by atoms with Crippen LogP contribution < -0.4 is 10.6 Å². The molecule has 142 valence electrons. The molecular weight excluding hydrogens is 451 g/mol. The van der Waals surface area contributed by atoms with Crippen molar-refractivity contribution in [2.75, 3.05) is 13.1 Å². The van der Waals surface area contributed by atoms with E-state index in [0.29, 0.717) is 6.54 Å². The lowest BCUT2D eigenvalue weighted by Crippen LogP contribution is -2.41. The lowest BCUT2D eigenvalue weighted by Gasteiger charge is -2.19. The summed E-state index contributed by atoms with van der Waals surface area (Å²) in [5.74, 6) is 1.66. The van der Waals surface area contributed by atoms with E-state index in [0.717, 1.165) is 30.5 Å². The second-order valence-electron chi connectivity index (χ2n) is 6.74. The molecule has 0 atom stereocenters. The lowest BCUT2D eigenvalue weighted by molar-refractivity contribution is 0.645. The van der Waals surface area contributed by atoms with Crippen LogP contribution in [0.4, 0.5) is 0 Å². The summed E-state index contributed by atoms with van der Waals surface area (Å²) in [4.78, 5) is 4.70. The van der Waals surface area contributed by atoms with Gasteiger partial charge in [0, 0.05) is 24.7 Å². The molecule has 4 rings (SSSR count). The fourth-order valence-electron chi connectivity index (χ4n) is 3.25. The number of benzene rings is 1. The highest BCUT2D eigenvalue weighted by molar-refractivity contribution is 14.0. The van der Waals surface area contributed by atoms with E-state index in [1.54, 1.807) is 0 Å². The molecule has 0 aliphatic heterocycles. The van der Waals surface area contributed by atoms with Crippen molar-refractivity contribution in [3.63, 3.8) is 0 Å². The molecule has 1 aliphatic rings. The van der Waals surface area contributed by atoms with Crippen molar-refractivity contribution < 1.29 is 0 Å². The molecule has 2 aromatic heterocycles.